The van der Waals surface area contributed by atoms with Gasteiger partial charge >= 0.3 is 0 Å². The Morgan fingerprint density at radius 2 is 1.67 bits per heavy atom. The zero-order valence-corrected chi connectivity index (χ0v) is 18.3. The molecule has 2 aromatic rings. The molecule has 1 saturated heterocycles. The molecule has 2 heterocycles. The van der Waals surface area contributed by atoms with Gasteiger partial charge in [0.25, 0.3) is 11.8 Å². The van der Waals surface area contributed by atoms with E-state index < -0.39 is 0 Å². The lowest BCUT2D eigenvalue weighted by Crippen LogP contribution is -2.37. The first-order valence-corrected chi connectivity index (χ1v) is 10.6. The Balaban J connectivity index is 1.84. The van der Waals surface area contributed by atoms with E-state index in [0.29, 0.717) is 27.7 Å². The minimum atomic E-state index is -0.311. The van der Waals surface area contributed by atoms with Crippen LogP contribution in [0, 0.1) is 13.8 Å². The smallest absolute Gasteiger partial charge is 0.282 e. The van der Waals surface area contributed by atoms with Crippen LogP contribution in [0.5, 0.6) is 5.75 Å². The highest BCUT2D eigenvalue weighted by molar-refractivity contribution is 6.45. The van der Waals surface area contributed by atoms with Gasteiger partial charge in [0.1, 0.15) is 11.4 Å². The third-order valence-corrected chi connectivity index (χ3v) is 6.07. The Morgan fingerprint density at radius 1 is 0.933 bits per heavy atom. The number of hydrogen-bond acceptors (Lipinski definition) is 4. The topological polar surface area (TPSA) is 49.9 Å². The van der Waals surface area contributed by atoms with Gasteiger partial charge in [0.2, 0.25) is 0 Å². The van der Waals surface area contributed by atoms with Crippen molar-refractivity contribution in [1.82, 2.24) is 4.90 Å². The minimum Gasteiger partial charge on any atom is -0.495 e. The van der Waals surface area contributed by atoms with Gasteiger partial charge in [-0.15, -0.1) is 0 Å². The van der Waals surface area contributed by atoms with Gasteiger partial charge < -0.3 is 9.64 Å². The summed E-state index contributed by atoms with van der Waals surface area (Å²) in [6.45, 7) is 5.55. The zero-order chi connectivity index (χ0) is 21.4. The molecule has 30 heavy (non-hydrogen) atoms. The second-order valence-electron chi connectivity index (χ2n) is 7.85. The number of carbonyl (C=O) groups excluding carboxylic acids is 2. The average molecular weight is 425 g/mol. The molecule has 156 valence electrons. The summed E-state index contributed by atoms with van der Waals surface area (Å²) in [5.74, 6) is -0.106. The van der Waals surface area contributed by atoms with Crippen molar-refractivity contribution < 1.29 is 14.3 Å². The SMILES string of the molecule is COc1ccc(N2C(=O)C(c3ccc(C)cc3C)=C(N3CCCCC3)C2=O)cc1Cl. The van der Waals surface area contributed by atoms with Gasteiger partial charge in [-0.25, -0.2) is 4.90 Å². The molecule has 0 spiro atoms. The third-order valence-electron chi connectivity index (χ3n) is 5.78. The normalized spacial score (nSPS) is 17.2. The molecule has 4 rings (SSSR count). The van der Waals surface area contributed by atoms with E-state index in [1.54, 1.807) is 18.2 Å². The molecule has 0 aliphatic carbocycles. The Bertz CT molecular complexity index is 1050. The van der Waals surface area contributed by atoms with Crippen molar-refractivity contribution in [2.75, 3.05) is 25.1 Å². The molecule has 6 heteroatoms. The molecule has 0 radical (unpaired) electrons. The van der Waals surface area contributed by atoms with Gasteiger partial charge in [0.05, 0.1) is 23.4 Å². The highest BCUT2D eigenvalue weighted by Gasteiger charge is 2.43. The lowest BCUT2D eigenvalue weighted by atomic mass is 9.97. The van der Waals surface area contributed by atoms with Crippen LogP contribution in [0.2, 0.25) is 5.02 Å². The maximum atomic E-state index is 13.6. The first-order valence-electron chi connectivity index (χ1n) is 10.2. The van der Waals surface area contributed by atoms with E-state index in [2.05, 4.69) is 4.90 Å². The fourth-order valence-corrected chi connectivity index (χ4v) is 4.55. The van der Waals surface area contributed by atoms with Crippen molar-refractivity contribution in [2.45, 2.75) is 33.1 Å². The molecular weight excluding hydrogens is 400 g/mol. The molecule has 2 aliphatic rings. The predicted molar refractivity (Wildman–Crippen MR) is 119 cm³/mol. The highest BCUT2D eigenvalue weighted by Crippen LogP contribution is 2.39. The number of halogens is 1. The van der Waals surface area contributed by atoms with Crippen LogP contribution in [-0.2, 0) is 9.59 Å². The van der Waals surface area contributed by atoms with Gasteiger partial charge in [-0.3, -0.25) is 9.59 Å². The quantitative estimate of drug-likeness (QED) is 0.665. The van der Waals surface area contributed by atoms with Gasteiger partial charge in [0, 0.05) is 13.1 Å². The summed E-state index contributed by atoms with van der Waals surface area (Å²) in [6.07, 6.45) is 3.17. The number of rotatable bonds is 4. The van der Waals surface area contributed by atoms with Crippen molar-refractivity contribution in [3.05, 3.63) is 63.8 Å². The number of imide groups is 1. The molecular formula is C24H25ClN2O3. The van der Waals surface area contributed by atoms with E-state index >= 15 is 0 Å². The van der Waals surface area contributed by atoms with E-state index in [9.17, 15) is 9.59 Å². The van der Waals surface area contributed by atoms with E-state index in [1.165, 1.54) is 12.0 Å². The summed E-state index contributed by atoms with van der Waals surface area (Å²) < 4.78 is 5.21. The van der Waals surface area contributed by atoms with Crippen molar-refractivity contribution in [1.29, 1.82) is 0 Å². The van der Waals surface area contributed by atoms with Gasteiger partial charge in [0.15, 0.2) is 0 Å². The molecule has 5 nitrogen and oxygen atoms in total. The lowest BCUT2D eigenvalue weighted by molar-refractivity contribution is -0.120. The number of likely N-dealkylation sites (tertiary alicyclic amines) is 1. The van der Waals surface area contributed by atoms with Crippen molar-refractivity contribution in [2.24, 2.45) is 0 Å². The number of nitrogens with zero attached hydrogens (tertiary/aromatic N) is 2. The van der Waals surface area contributed by atoms with E-state index in [-0.39, 0.29) is 11.8 Å². The van der Waals surface area contributed by atoms with Crippen molar-refractivity contribution in [3.8, 4) is 5.75 Å². The van der Waals surface area contributed by atoms with Crippen molar-refractivity contribution >= 4 is 34.7 Å². The second kappa shape index (κ2) is 8.15. The molecule has 0 saturated carbocycles. The van der Waals surface area contributed by atoms with Crippen LogP contribution in [0.25, 0.3) is 5.57 Å². The molecule has 0 N–H and O–H groups in total. The van der Waals surface area contributed by atoms with Crippen LogP contribution in [0.3, 0.4) is 0 Å². The number of hydrogen-bond donors (Lipinski definition) is 0. The van der Waals surface area contributed by atoms with Crippen LogP contribution >= 0.6 is 11.6 Å². The van der Waals surface area contributed by atoms with Crippen molar-refractivity contribution in [3.63, 3.8) is 0 Å². The maximum absolute atomic E-state index is 13.6. The maximum Gasteiger partial charge on any atom is 0.282 e. The summed E-state index contributed by atoms with van der Waals surface area (Å²) in [5, 5.41) is 0.357. The lowest BCUT2D eigenvalue weighted by Gasteiger charge is -2.29. The van der Waals surface area contributed by atoms with Crippen LogP contribution in [0.15, 0.2) is 42.1 Å². The van der Waals surface area contributed by atoms with Gasteiger partial charge in [-0.1, -0.05) is 35.4 Å². The first kappa shape index (κ1) is 20.5. The fourth-order valence-electron chi connectivity index (χ4n) is 4.29. The molecule has 2 aliphatic heterocycles. The fraction of sp³-hybridized carbons (Fsp3) is 0.333. The average Bonchev–Trinajstić information content (AvgIpc) is 2.98. The Kier molecular flexibility index (Phi) is 5.56. The zero-order valence-electron chi connectivity index (χ0n) is 17.5. The number of benzene rings is 2. The summed E-state index contributed by atoms with van der Waals surface area (Å²) in [4.78, 5) is 30.5. The molecule has 1 fully saturated rings. The standard InChI is InChI=1S/C24H25ClN2O3/c1-15-7-9-18(16(2)13-15)21-22(26-11-5-4-6-12-26)24(29)27(23(21)28)17-8-10-20(30-3)19(25)14-17/h7-10,13-14H,4-6,11-12H2,1-3H3. The number of amides is 2. The summed E-state index contributed by atoms with van der Waals surface area (Å²) >= 11 is 6.29. The number of piperidine rings is 1. The molecule has 2 aromatic carbocycles. The number of methoxy groups -OCH3 is 1. The summed E-state index contributed by atoms with van der Waals surface area (Å²) in [5.41, 5.74) is 4.33. The van der Waals surface area contributed by atoms with Crippen LogP contribution in [-0.4, -0.2) is 36.9 Å². The first-order chi connectivity index (χ1) is 14.4. The van der Waals surface area contributed by atoms with Crippen LogP contribution in [0.4, 0.5) is 5.69 Å². The van der Waals surface area contributed by atoms with E-state index in [1.807, 2.05) is 32.0 Å². The number of carbonyl (C=O) groups is 2. The second-order valence-corrected chi connectivity index (χ2v) is 8.26. The highest BCUT2D eigenvalue weighted by atomic mass is 35.5. The molecule has 2 amide bonds. The molecule has 0 aromatic heterocycles. The number of ether oxygens (including phenoxy) is 1. The van der Waals surface area contributed by atoms with E-state index in [4.69, 9.17) is 16.3 Å². The minimum absolute atomic E-state index is 0.293. The number of anilines is 1. The third kappa shape index (κ3) is 3.47. The van der Waals surface area contributed by atoms with Crippen LogP contribution in [0.1, 0.15) is 36.0 Å². The molecule has 0 atom stereocenters. The largest absolute Gasteiger partial charge is 0.495 e. The van der Waals surface area contributed by atoms with Gasteiger partial charge in [-0.2, -0.15) is 0 Å². The predicted octanol–water partition coefficient (Wildman–Crippen LogP) is 4.74. The van der Waals surface area contributed by atoms with Crippen LogP contribution < -0.4 is 9.64 Å². The summed E-state index contributed by atoms with van der Waals surface area (Å²) in [6, 6.07) is 10.9. The van der Waals surface area contributed by atoms with E-state index in [0.717, 1.165) is 49.0 Å². The summed E-state index contributed by atoms with van der Waals surface area (Å²) in [7, 11) is 1.53. The molecule has 0 bridgehead atoms. The number of aryl methyl sites for hydroxylation is 2. The monoisotopic (exact) mass is 424 g/mol. The Morgan fingerprint density at radius 3 is 2.30 bits per heavy atom. The Hall–Kier alpha value is -2.79. The molecule has 0 unspecified atom stereocenters. The van der Waals surface area contributed by atoms with Gasteiger partial charge in [-0.05, 0) is 62.4 Å². The Labute approximate surface area is 181 Å².